The Hall–Kier alpha value is 18.0. The molecule has 88 valence electrons. The molecule has 0 heterocycles. The van der Waals surface area contributed by atoms with E-state index in [0.29, 0.717) is 0 Å². The average Bonchev–Trinajstić information content (AvgIpc) is 0. The first kappa shape index (κ1) is 202. The van der Waals surface area contributed by atoms with E-state index < -0.39 is 0 Å². The van der Waals surface area contributed by atoms with Crippen molar-refractivity contribution in [1.82, 2.24) is 0 Å². The van der Waals surface area contributed by atoms with E-state index in [1.807, 2.05) is 0 Å². The van der Waals surface area contributed by atoms with Crippen molar-refractivity contribution in [1.29, 1.82) is 0 Å². The number of hydrogen-bond acceptors (Lipinski definition) is 0. The van der Waals surface area contributed by atoms with Gasteiger partial charge in [0.15, 0.2) is 0 Å². The first-order valence-electron chi connectivity index (χ1n) is 0. The van der Waals surface area contributed by atoms with Crippen molar-refractivity contribution in [2.24, 2.45) is 0 Å². The van der Waals surface area contributed by atoms with Crippen LogP contribution in [0.25, 0.3) is 0 Å². The van der Waals surface area contributed by atoms with Crippen LogP contribution >= 0.6 is 86.8 Å². The van der Waals surface area contributed by atoms with Crippen LogP contribution in [0.15, 0.2) is 0 Å². The molecule has 0 bridgehead atoms. The van der Waals surface area contributed by atoms with Gasteiger partial charge in [0.05, 0.1) is 0 Å². The summed E-state index contributed by atoms with van der Waals surface area (Å²) in [5.41, 5.74) is 0. The summed E-state index contributed by atoms with van der Waals surface area (Å²) in [7, 11) is 0. The number of halogens is 7. The summed E-state index contributed by atoms with van der Waals surface area (Å²) in [6, 6.07) is 0. The molecule has 0 nitrogen and oxygen atoms in total. The third-order valence-corrected chi connectivity index (χ3v) is 0. The Balaban J connectivity index is 0. The smallest absolute Gasteiger partial charge is 1.00 e. The summed E-state index contributed by atoms with van der Waals surface area (Å²) >= 11 is 0. The number of rotatable bonds is 0. The van der Waals surface area contributed by atoms with Crippen LogP contribution in [-0.4, -0.2) is 0 Å². The Morgan fingerprint density at radius 2 is 0.130 bits per heavy atom. The molecule has 0 fully saturated rings. The minimum atomic E-state index is 0. The Morgan fingerprint density at radius 1 is 0.130 bits per heavy atom. The fourth-order valence-corrected chi connectivity index (χ4v) is 0. The van der Waals surface area contributed by atoms with Crippen molar-refractivity contribution in [3.05, 3.63) is 0 Å². The van der Waals surface area contributed by atoms with E-state index in [9.17, 15) is 0 Å². The van der Waals surface area contributed by atoms with Crippen molar-refractivity contribution in [2.45, 2.75) is 0 Å². The molecular formula is H23Cl7Na16. The summed E-state index contributed by atoms with van der Waals surface area (Å²) < 4.78 is 0. The standard InChI is InChI=1S/7ClH.16Na.16H/h7*1H;;;;;;;;;;;;;;;;;;;;;;;;;;;;;;;;/q;;;;;;;16*+1;16*-1. The minimum absolute atomic E-state index is 0. The van der Waals surface area contributed by atoms with Gasteiger partial charge in [0, 0.05) is 0 Å². The molecule has 0 saturated carbocycles. The minimum Gasteiger partial charge on any atom is -1.00 e. The van der Waals surface area contributed by atoms with Gasteiger partial charge in [-0.2, -0.15) is 0 Å². The number of hydrogen-bond donors (Lipinski definition) is 0. The van der Waals surface area contributed by atoms with Crippen LogP contribution in [0.5, 0.6) is 0 Å². The molecule has 0 aliphatic rings. The fourth-order valence-electron chi connectivity index (χ4n) is 0. The van der Waals surface area contributed by atoms with Gasteiger partial charge < -0.3 is 22.8 Å². The summed E-state index contributed by atoms with van der Waals surface area (Å²) in [6.07, 6.45) is 0. The van der Waals surface area contributed by atoms with Crippen molar-refractivity contribution >= 4 is 86.8 Å². The van der Waals surface area contributed by atoms with E-state index in [-0.39, 0.29) is 583 Å². The van der Waals surface area contributed by atoms with Crippen LogP contribution in [0.3, 0.4) is 0 Å². The molecule has 0 N–H and O–H groups in total. The van der Waals surface area contributed by atoms with Crippen molar-refractivity contribution < 1.29 is 496 Å². The SMILES string of the molecule is Cl.Cl.Cl.Cl.Cl.Cl.Cl.[H-].[H-].[H-].[H-].[H-].[H-].[H-].[H-].[H-].[H-].[H-].[H-].[H-].[H-].[H-].[H-].[Na+].[Na+].[Na+].[Na+].[Na+].[Na+].[Na+].[Na+].[Na+].[Na+].[Na+].[Na+].[Na+].[Na+].[Na+].[Na+]. The van der Waals surface area contributed by atoms with Crippen molar-refractivity contribution in [2.75, 3.05) is 0 Å². The molecule has 0 spiro atoms. The van der Waals surface area contributed by atoms with Crippen LogP contribution in [0.4, 0.5) is 0 Å². The van der Waals surface area contributed by atoms with Crippen LogP contribution in [0, 0.1) is 0 Å². The largest absolute Gasteiger partial charge is 1.00 e. The molecular weight excluding hydrogens is 616 g/mol. The molecule has 0 radical (unpaired) electrons. The van der Waals surface area contributed by atoms with E-state index in [2.05, 4.69) is 0 Å². The third kappa shape index (κ3) is 178. The summed E-state index contributed by atoms with van der Waals surface area (Å²) in [5, 5.41) is 0. The van der Waals surface area contributed by atoms with Crippen LogP contribution in [-0.2, 0) is 0 Å². The molecule has 0 saturated heterocycles. The first-order chi connectivity index (χ1) is 0. The summed E-state index contributed by atoms with van der Waals surface area (Å²) in [6.45, 7) is 0. The van der Waals surface area contributed by atoms with Gasteiger partial charge in [0.25, 0.3) is 0 Å². The predicted octanol–water partition coefficient (Wildman–Crippen LogP) is -43.2. The van der Waals surface area contributed by atoms with E-state index in [1.165, 1.54) is 0 Å². The van der Waals surface area contributed by atoms with Gasteiger partial charge >= 0.3 is 473 Å². The van der Waals surface area contributed by atoms with Crippen LogP contribution < -0.4 is 473 Å². The Bertz CT molecular complexity index is 58.5. The van der Waals surface area contributed by atoms with Gasteiger partial charge in [-0.1, -0.05) is 0 Å². The second-order valence-electron chi connectivity index (χ2n) is 0. The van der Waals surface area contributed by atoms with E-state index in [0.717, 1.165) is 0 Å². The molecule has 0 aliphatic carbocycles. The Kier molecular flexibility index (Phi) is 1650. The zero-order chi connectivity index (χ0) is 0. The van der Waals surface area contributed by atoms with Crippen molar-refractivity contribution in [3.8, 4) is 0 Å². The second-order valence-corrected chi connectivity index (χ2v) is 0. The Labute approximate surface area is 565 Å². The fraction of sp³-hybridized carbons (Fsp3) is 0. The van der Waals surface area contributed by atoms with Gasteiger partial charge in [0.1, 0.15) is 0 Å². The van der Waals surface area contributed by atoms with E-state index in [4.69, 9.17) is 0 Å². The van der Waals surface area contributed by atoms with E-state index in [1.54, 1.807) is 0 Å². The molecule has 23 heavy (non-hydrogen) atoms. The summed E-state index contributed by atoms with van der Waals surface area (Å²) in [4.78, 5) is 0. The molecule has 0 atom stereocenters. The maximum Gasteiger partial charge on any atom is 1.00 e. The molecule has 23 heteroatoms. The zero-order valence-corrected chi connectivity index (χ0v) is 56.6. The molecule has 0 amide bonds. The topological polar surface area (TPSA) is 0 Å². The molecule has 0 aromatic carbocycles. The molecule has 0 rings (SSSR count). The van der Waals surface area contributed by atoms with Gasteiger partial charge in [0.2, 0.25) is 0 Å². The quantitative estimate of drug-likeness (QED) is 0.232. The Morgan fingerprint density at radius 3 is 0.130 bits per heavy atom. The molecule has 0 aromatic heterocycles. The summed E-state index contributed by atoms with van der Waals surface area (Å²) in [5.74, 6) is 0. The first-order valence-corrected chi connectivity index (χ1v) is 0. The molecule has 0 aliphatic heterocycles. The van der Waals surface area contributed by atoms with Crippen molar-refractivity contribution in [3.63, 3.8) is 0 Å². The van der Waals surface area contributed by atoms with Crippen LogP contribution in [0.1, 0.15) is 22.8 Å². The molecule has 0 unspecified atom stereocenters. The maximum absolute atomic E-state index is 0. The van der Waals surface area contributed by atoms with Gasteiger partial charge in [-0.25, -0.2) is 0 Å². The predicted molar refractivity (Wildman–Crippen MR) is 68.5 cm³/mol. The maximum atomic E-state index is 0. The third-order valence-electron chi connectivity index (χ3n) is 0. The van der Waals surface area contributed by atoms with Crippen LogP contribution in [0.2, 0.25) is 0 Å². The van der Waals surface area contributed by atoms with E-state index >= 15 is 0 Å². The van der Waals surface area contributed by atoms with Gasteiger partial charge in [-0.15, -0.1) is 86.8 Å². The second kappa shape index (κ2) is 188. The average molecular weight is 639 g/mol. The monoisotopic (exact) mass is 636 g/mol. The van der Waals surface area contributed by atoms with Gasteiger partial charge in [-0.3, -0.25) is 0 Å². The molecule has 0 aromatic rings. The van der Waals surface area contributed by atoms with Gasteiger partial charge in [-0.05, 0) is 0 Å². The zero-order valence-electron chi connectivity index (χ0n) is 34.9. The normalized spacial score (nSPS) is 0.